The molecule has 0 bridgehead atoms. The fraction of sp³-hybridized carbons (Fsp3) is 0.600. The number of aromatic hydroxyl groups is 1. The van der Waals surface area contributed by atoms with E-state index in [0.717, 1.165) is 56.2 Å². The van der Waals surface area contributed by atoms with Gasteiger partial charge in [-0.1, -0.05) is 24.3 Å². The first kappa shape index (κ1) is 31.6. The van der Waals surface area contributed by atoms with Gasteiger partial charge in [0.05, 0.1) is 6.04 Å². The van der Waals surface area contributed by atoms with Crippen molar-refractivity contribution in [2.45, 2.75) is 64.6 Å². The number of nitrogens with zero attached hydrogens (tertiary/aromatic N) is 4. The molecule has 2 heterocycles. The third-order valence-corrected chi connectivity index (χ3v) is 9.38. The van der Waals surface area contributed by atoms with E-state index in [1.807, 2.05) is 36.1 Å². The number of hydrogen-bond donors (Lipinski definition) is 1. The Morgan fingerprint density at radius 3 is 2.37 bits per heavy atom. The molecule has 0 unspecified atom stereocenters. The van der Waals surface area contributed by atoms with Crippen LogP contribution in [0.2, 0.25) is 0 Å². The van der Waals surface area contributed by atoms with Gasteiger partial charge in [0.2, 0.25) is 0 Å². The highest BCUT2D eigenvalue weighted by molar-refractivity contribution is 5.94. The first-order chi connectivity index (χ1) is 20.8. The molecule has 2 saturated heterocycles. The molecule has 8 heteroatoms. The van der Waals surface area contributed by atoms with E-state index in [2.05, 4.69) is 46.7 Å². The zero-order valence-corrected chi connectivity index (χ0v) is 26.3. The number of phenols is 1. The number of amides is 1. The summed E-state index contributed by atoms with van der Waals surface area (Å²) in [4.78, 5) is 35.1. The molecule has 3 aliphatic rings. The molecule has 1 N–H and O–H groups in total. The van der Waals surface area contributed by atoms with Crippen molar-refractivity contribution in [2.75, 3.05) is 65.6 Å². The largest absolute Gasteiger partial charge is 0.508 e. The number of phenolic OH excluding ortho intramolecular Hbond substituents is 1. The monoisotopic (exact) mass is 590 g/mol. The molecule has 2 aliphatic heterocycles. The van der Waals surface area contributed by atoms with Gasteiger partial charge in [0.1, 0.15) is 12.4 Å². The van der Waals surface area contributed by atoms with E-state index in [9.17, 15) is 14.7 Å². The minimum atomic E-state index is -0.0531. The molecule has 0 radical (unpaired) electrons. The summed E-state index contributed by atoms with van der Waals surface area (Å²) in [5.41, 5.74) is 2.85. The van der Waals surface area contributed by atoms with E-state index in [1.165, 1.54) is 19.4 Å². The van der Waals surface area contributed by atoms with E-state index in [0.29, 0.717) is 43.8 Å². The molecule has 3 fully saturated rings. The summed E-state index contributed by atoms with van der Waals surface area (Å²) in [6, 6.07) is 16.5. The molecule has 0 aromatic heterocycles. The van der Waals surface area contributed by atoms with Crippen LogP contribution < -0.4 is 0 Å². The van der Waals surface area contributed by atoms with Crippen LogP contribution in [0.25, 0.3) is 0 Å². The van der Waals surface area contributed by atoms with Gasteiger partial charge in [0.25, 0.3) is 5.91 Å². The van der Waals surface area contributed by atoms with Crippen LogP contribution in [0, 0.1) is 5.92 Å². The topological polar surface area (TPSA) is 76.6 Å². The Morgan fingerprint density at radius 2 is 1.67 bits per heavy atom. The predicted molar refractivity (Wildman–Crippen MR) is 169 cm³/mol. The summed E-state index contributed by atoms with van der Waals surface area (Å²) in [6.07, 6.45) is 4.08. The summed E-state index contributed by atoms with van der Waals surface area (Å²) in [7, 11) is 0. The van der Waals surface area contributed by atoms with E-state index in [1.54, 1.807) is 6.07 Å². The average Bonchev–Trinajstić information content (AvgIpc) is 3.83. The highest BCUT2D eigenvalue weighted by atomic mass is 16.5. The number of piperazine rings is 2. The second-order valence-electron chi connectivity index (χ2n) is 12.8. The van der Waals surface area contributed by atoms with E-state index >= 15 is 0 Å². The van der Waals surface area contributed by atoms with Crippen molar-refractivity contribution in [1.29, 1.82) is 0 Å². The van der Waals surface area contributed by atoms with Crippen molar-refractivity contribution < 1.29 is 19.4 Å². The molecule has 0 spiro atoms. The predicted octanol–water partition coefficient (Wildman–Crippen LogP) is 4.43. The molecule has 43 heavy (non-hydrogen) atoms. The van der Waals surface area contributed by atoms with Gasteiger partial charge in [0, 0.05) is 76.5 Å². The smallest absolute Gasteiger partial charge is 0.253 e. The molecule has 2 aromatic rings. The minimum absolute atomic E-state index is 0.0531. The van der Waals surface area contributed by atoms with Crippen LogP contribution in [-0.2, 0) is 9.53 Å². The number of hydrogen-bond acceptors (Lipinski definition) is 7. The molecular formula is C35H50N4O4. The van der Waals surface area contributed by atoms with Crippen LogP contribution in [0.1, 0.15) is 74.0 Å². The maximum atomic E-state index is 13.7. The van der Waals surface area contributed by atoms with Gasteiger partial charge in [-0.25, -0.2) is 0 Å². The van der Waals surface area contributed by atoms with Crippen molar-refractivity contribution in [3.63, 3.8) is 0 Å². The Kier molecular flexibility index (Phi) is 10.9. The summed E-state index contributed by atoms with van der Waals surface area (Å²) in [5, 5.41) is 10.4. The second kappa shape index (κ2) is 14.8. The SMILES string of the molecule is CCOCC(=O)CCCN1CCN(C(=O)c2cccc([C@H](c3cccc(O)c3)N3C[C@@H](C)N(CC4CC4)C[C@@H]3C)c2)CC1. The van der Waals surface area contributed by atoms with Gasteiger partial charge in [-0.15, -0.1) is 0 Å². The first-order valence-electron chi connectivity index (χ1n) is 16.3. The number of ether oxygens (including phenoxy) is 1. The third-order valence-electron chi connectivity index (χ3n) is 9.38. The fourth-order valence-electron chi connectivity index (χ4n) is 6.73. The Bertz CT molecular complexity index is 1230. The maximum Gasteiger partial charge on any atom is 0.253 e. The first-order valence-corrected chi connectivity index (χ1v) is 16.3. The highest BCUT2D eigenvalue weighted by Crippen LogP contribution is 2.37. The number of carbonyl (C=O) groups excluding carboxylic acids is 2. The molecule has 234 valence electrons. The van der Waals surface area contributed by atoms with Crippen LogP contribution in [0.15, 0.2) is 48.5 Å². The Labute approximate surface area is 257 Å². The Balaban J connectivity index is 1.25. The molecule has 1 aliphatic carbocycles. The molecule has 5 rings (SSSR count). The fourth-order valence-corrected chi connectivity index (χ4v) is 6.73. The maximum absolute atomic E-state index is 13.7. The second-order valence-corrected chi connectivity index (χ2v) is 12.8. The number of Topliss-reactive ketones (excluding diaryl/α,β-unsaturated/α-hetero) is 1. The standard InChI is InChI=1S/C35H50N4O4/c1-4-43-25-33(41)12-7-15-36-16-18-37(19-17-36)35(42)31-10-5-8-29(20-31)34(30-9-6-11-32(40)21-30)39-23-26(2)38(22-27(39)3)24-28-13-14-28/h5-6,8-11,20-21,26-28,34,40H,4,7,12-19,22-25H2,1-3H3/t26-,27+,34-/m1/s1. The minimum Gasteiger partial charge on any atom is -0.508 e. The molecule has 2 aromatic carbocycles. The van der Waals surface area contributed by atoms with Crippen LogP contribution in [0.4, 0.5) is 0 Å². The van der Waals surface area contributed by atoms with Gasteiger partial charge < -0.3 is 14.7 Å². The number of benzene rings is 2. The van der Waals surface area contributed by atoms with Crippen LogP contribution in [-0.4, -0.2) is 114 Å². The zero-order chi connectivity index (χ0) is 30.3. The normalized spacial score (nSPS) is 22.9. The summed E-state index contributed by atoms with van der Waals surface area (Å²) < 4.78 is 5.21. The molecule has 3 atom stereocenters. The van der Waals surface area contributed by atoms with Crippen molar-refractivity contribution >= 4 is 11.7 Å². The Hall–Kier alpha value is -2.78. The van der Waals surface area contributed by atoms with Crippen molar-refractivity contribution in [1.82, 2.24) is 19.6 Å². The third kappa shape index (κ3) is 8.44. The van der Waals surface area contributed by atoms with Crippen molar-refractivity contribution in [2.24, 2.45) is 5.92 Å². The lowest BCUT2D eigenvalue weighted by Crippen LogP contribution is -2.57. The molecule has 1 saturated carbocycles. The lowest BCUT2D eigenvalue weighted by molar-refractivity contribution is -0.123. The van der Waals surface area contributed by atoms with Crippen molar-refractivity contribution in [3.05, 3.63) is 65.2 Å². The Morgan fingerprint density at radius 1 is 0.953 bits per heavy atom. The zero-order valence-electron chi connectivity index (χ0n) is 26.3. The van der Waals surface area contributed by atoms with Gasteiger partial charge >= 0.3 is 0 Å². The number of rotatable bonds is 13. The van der Waals surface area contributed by atoms with E-state index < -0.39 is 0 Å². The van der Waals surface area contributed by atoms with Crippen LogP contribution in [0.3, 0.4) is 0 Å². The van der Waals surface area contributed by atoms with E-state index in [-0.39, 0.29) is 30.1 Å². The number of carbonyl (C=O) groups is 2. The molecule has 1 amide bonds. The lowest BCUT2D eigenvalue weighted by Gasteiger charge is -2.48. The summed E-state index contributed by atoms with van der Waals surface area (Å²) in [6.45, 7) is 14.3. The molecular weight excluding hydrogens is 540 g/mol. The summed E-state index contributed by atoms with van der Waals surface area (Å²) in [5.74, 6) is 1.35. The quantitative estimate of drug-likeness (QED) is 0.370. The highest BCUT2D eigenvalue weighted by Gasteiger charge is 2.37. The number of ketones is 1. The lowest BCUT2D eigenvalue weighted by atomic mass is 9.92. The summed E-state index contributed by atoms with van der Waals surface area (Å²) >= 11 is 0. The van der Waals surface area contributed by atoms with Gasteiger partial charge in [-0.3, -0.25) is 24.3 Å². The average molecular weight is 591 g/mol. The molecule has 8 nitrogen and oxygen atoms in total. The van der Waals surface area contributed by atoms with Gasteiger partial charge in [-0.2, -0.15) is 0 Å². The van der Waals surface area contributed by atoms with Gasteiger partial charge in [-0.05, 0) is 87.9 Å². The van der Waals surface area contributed by atoms with Crippen LogP contribution >= 0.6 is 0 Å². The van der Waals surface area contributed by atoms with Gasteiger partial charge in [0.15, 0.2) is 5.78 Å². The van der Waals surface area contributed by atoms with Crippen LogP contribution in [0.5, 0.6) is 5.75 Å². The van der Waals surface area contributed by atoms with E-state index in [4.69, 9.17) is 4.74 Å². The van der Waals surface area contributed by atoms with Crippen molar-refractivity contribution in [3.8, 4) is 5.75 Å².